The van der Waals surface area contributed by atoms with E-state index < -0.39 is 17.6 Å². The van der Waals surface area contributed by atoms with Crippen molar-refractivity contribution in [2.75, 3.05) is 0 Å². The molecule has 0 saturated heterocycles. The van der Waals surface area contributed by atoms with Crippen LogP contribution in [0, 0.1) is 5.82 Å². The van der Waals surface area contributed by atoms with E-state index in [2.05, 4.69) is 24.3 Å². The van der Waals surface area contributed by atoms with Crippen LogP contribution in [0.25, 0.3) is 111 Å². The van der Waals surface area contributed by atoms with Crippen LogP contribution in [0.15, 0.2) is 231 Å². The van der Waals surface area contributed by atoms with E-state index in [1.807, 2.05) is 170 Å². The van der Waals surface area contributed by atoms with Gasteiger partial charge in [0.25, 0.3) is 0 Å². The van der Waals surface area contributed by atoms with Crippen molar-refractivity contribution < 1.29 is 17.6 Å². The number of hydrogen-bond donors (Lipinski definition) is 0. The molecule has 0 fully saturated rings. The third kappa shape index (κ3) is 6.97. The lowest BCUT2D eigenvalue weighted by atomic mass is 9.98. The fraction of sp³-hybridized carbons (Fsp3) is 0.0164. The molecule has 0 bridgehead atoms. The highest BCUT2D eigenvalue weighted by atomic mass is 19.4. The van der Waals surface area contributed by atoms with Gasteiger partial charge in [-0.1, -0.05) is 158 Å². The maximum Gasteiger partial charge on any atom is 0.420 e. The van der Waals surface area contributed by atoms with E-state index in [1.54, 1.807) is 33.4 Å². The smallest absolute Gasteiger partial charge is 0.309 e. The van der Waals surface area contributed by atoms with Crippen LogP contribution in [0.4, 0.5) is 17.6 Å². The first kappa shape index (κ1) is 40.1. The predicted molar refractivity (Wildman–Crippen MR) is 267 cm³/mol. The highest BCUT2D eigenvalue weighted by Crippen LogP contribution is 2.47. The first-order valence-electron chi connectivity index (χ1n) is 22.2. The lowest BCUT2D eigenvalue weighted by Crippen LogP contribution is -2.16. The van der Waals surface area contributed by atoms with Crippen LogP contribution in [-0.2, 0) is 6.18 Å². The monoisotopic (exact) mass is 874 g/mol. The quantitative estimate of drug-likeness (QED) is 0.141. The van der Waals surface area contributed by atoms with Crippen molar-refractivity contribution in [1.82, 2.24) is 9.13 Å². The van der Waals surface area contributed by atoms with Crippen LogP contribution < -0.4 is 0 Å². The van der Waals surface area contributed by atoms with E-state index in [1.165, 1.54) is 12.1 Å². The fourth-order valence-electron chi connectivity index (χ4n) is 9.90. The van der Waals surface area contributed by atoms with Crippen LogP contribution in [-0.4, -0.2) is 9.13 Å². The second-order valence-electron chi connectivity index (χ2n) is 17.0. The second-order valence-corrected chi connectivity index (χ2v) is 17.0. The first-order valence-corrected chi connectivity index (χ1v) is 22.2. The molecule has 0 spiro atoms. The lowest BCUT2D eigenvalue weighted by molar-refractivity contribution is -0.137. The Morgan fingerprint density at radius 1 is 0.269 bits per heavy atom. The van der Waals surface area contributed by atoms with E-state index in [4.69, 9.17) is 0 Å². The van der Waals surface area contributed by atoms with Crippen LogP contribution in [0.1, 0.15) is 5.56 Å². The van der Waals surface area contributed by atoms with Crippen molar-refractivity contribution >= 4 is 43.6 Å². The Bertz CT molecular complexity index is 3420. The maximum atomic E-state index is 16.7. The molecule has 320 valence electrons. The van der Waals surface area contributed by atoms with Crippen molar-refractivity contribution in [3.05, 3.63) is 242 Å². The summed E-state index contributed by atoms with van der Waals surface area (Å²) in [5.41, 5.74) is 10.1. The molecule has 0 radical (unpaired) electrons. The van der Waals surface area contributed by atoms with Gasteiger partial charge in [0.1, 0.15) is 11.4 Å². The molecule has 2 heterocycles. The summed E-state index contributed by atoms with van der Waals surface area (Å²) >= 11 is 0. The summed E-state index contributed by atoms with van der Waals surface area (Å²) in [7, 11) is 0. The molecule has 0 aliphatic carbocycles. The van der Waals surface area contributed by atoms with E-state index >= 15 is 17.6 Å². The molecule has 2 aromatic heterocycles. The van der Waals surface area contributed by atoms with Gasteiger partial charge in [0.2, 0.25) is 0 Å². The topological polar surface area (TPSA) is 9.86 Å². The van der Waals surface area contributed by atoms with Crippen molar-refractivity contribution in [1.29, 1.82) is 0 Å². The molecular weight excluding hydrogens is 837 g/mol. The SMILES string of the molecule is Fc1cccc(-c2cc(-n3c4ccc(-c5ccccc5)cc4c4cc(-c5ccccc5)ccc43)c(C(F)(F)F)c(-n3c4ccc(-c5ccccc5)cc4c4cc(-c5ccccc5)ccc43)c2)c1. The van der Waals surface area contributed by atoms with E-state index in [0.29, 0.717) is 33.2 Å². The number of hydrogen-bond acceptors (Lipinski definition) is 0. The maximum absolute atomic E-state index is 16.7. The third-order valence-electron chi connectivity index (χ3n) is 13.0. The number of aromatic nitrogens is 2. The molecule has 0 amide bonds. The highest BCUT2D eigenvalue weighted by molar-refractivity contribution is 6.13. The average molecular weight is 875 g/mol. The van der Waals surface area contributed by atoms with E-state index in [0.717, 1.165) is 66.1 Å². The molecule has 2 nitrogen and oxygen atoms in total. The van der Waals surface area contributed by atoms with Gasteiger partial charge in [0.05, 0.1) is 33.4 Å². The van der Waals surface area contributed by atoms with Crippen molar-refractivity contribution in [3.8, 4) is 67.0 Å². The Labute approximate surface area is 383 Å². The standard InChI is InChI=1S/C61H38F4N2/c62-49-23-13-22-43(32-49)48-37-58(66-54-28-24-44(39-14-5-1-6-15-39)33-50(54)51-34-45(25-29-55(51)66)40-16-7-2-8-17-40)60(61(63,64)65)59(38-48)67-56-30-26-46(41-18-9-3-10-19-41)35-52(56)53-36-47(27-31-57(53)67)42-20-11-4-12-21-42/h1-38H. The molecule has 0 aliphatic rings. The minimum absolute atomic E-state index is 0.0685. The van der Waals surface area contributed by atoms with Gasteiger partial charge in [-0.25, -0.2) is 4.39 Å². The van der Waals surface area contributed by atoms with Crippen LogP contribution in [0.3, 0.4) is 0 Å². The molecule has 67 heavy (non-hydrogen) atoms. The summed E-state index contributed by atoms with van der Waals surface area (Å²) in [6.45, 7) is 0. The molecule has 0 aliphatic heterocycles. The van der Waals surface area contributed by atoms with Gasteiger partial charge in [-0.15, -0.1) is 0 Å². The minimum atomic E-state index is -4.86. The number of nitrogens with zero attached hydrogens (tertiary/aromatic N) is 2. The summed E-state index contributed by atoms with van der Waals surface area (Å²) in [6, 6.07) is 73.0. The molecule has 0 N–H and O–H groups in total. The number of benzene rings is 10. The molecular formula is C61H38F4N2. The van der Waals surface area contributed by atoms with Gasteiger partial charge in [0.15, 0.2) is 0 Å². The summed E-state index contributed by atoms with van der Waals surface area (Å²) < 4.78 is 69.0. The van der Waals surface area contributed by atoms with E-state index in [9.17, 15) is 0 Å². The van der Waals surface area contributed by atoms with Gasteiger partial charge in [0, 0.05) is 21.5 Å². The number of fused-ring (bicyclic) bond motifs is 6. The van der Waals surface area contributed by atoms with Crippen molar-refractivity contribution in [2.45, 2.75) is 6.18 Å². The number of rotatable bonds is 7. The second kappa shape index (κ2) is 15.9. The zero-order valence-corrected chi connectivity index (χ0v) is 35.8. The molecule has 0 atom stereocenters. The van der Waals surface area contributed by atoms with Crippen LogP contribution in [0.2, 0.25) is 0 Å². The van der Waals surface area contributed by atoms with Gasteiger partial charge < -0.3 is 9.13 Å². The molecule has 10 aromatic carbocycles. The van der Waals surface area contributed by atoms with Gasteiger partial charge >= 0.3 is 6.18 Å². The van der Waals surface area contributed by atoms with Crippen molar-refractivity contribution in [3.63, 3.8) is 0 Å². The largest absolute Gasteiger partial charge is 0.420 e. The summed E-state index contributed by atoms with van der Waals surface area (Å²) in [5.74, 6) is -0.488. The van der Waals surface area contributed by atoms with Gasteiger partial charge in [-0.2, -0.15) is 13.2 Å². The molecule has 12 rings (SSSR count). The minimum Gasteiger partial charge on any atom is -0.309 e. The van der Waals surface area contributed by atoms with E-state index in [-0.39, 0.29) is 11.4 Å². The number of halogens is 4. The Kier molecular flexibility index (Phi) is 9.50. The zero-order valence-electron chi connectivity index (χ0n) is 35.8. The molecule has 0 unspecified atom stereocenters. The Morgan fingerprint density at radius 3 is 0.866 bits per heavy atom. The summed E-state index contributed by atoms with van der Waals surface area (Å²) in [5, 5.41) is 3.22. The molecule has 6 heteroatoms. The lowest BCUT2D eigenvalue weighted by Gasteiger charge is -2.23. The Balaban J connectivity index is 1.21. The fourth-order valence-corrected chi connectivity index (χ4v) is 9.90. The first-order chi connectivity index (χ1) is 32.8. The van der Waals surface area contributed by atoms with Gasteiger partial charge in [-0.05, 0) is 128 Å². The third-order valence-corrected chi connectivity index (χ3v) is 13.0. The molecule has 12 aromatic rings. The number of alkyl halides is 3. The summed E-state index contributed by atoms with van der Waals surface area (Å²) in [6.07, 6.45) is -4.86. The Hall–Kier alpha value is -8.48. The highest BCUT2D eigenvalue weighted by Gasteiger charge is 2.39. The Morgan fingerprint density at radius 2 is 0.567 bits per heavy atom. The van der Waals surface area contributed by atoms with Gasteiger partial charge in [-0.3, -0.25) is 0 Å². The van der Waals surface area contributed by atoms with Crippen molar-refractivity contribution in [2.24, 2.45) is 0 Å². The zero-order chi connectivity index (χ0) is 45.2. The normalized spacial score (nSPS) is 11.9. The predicted octanol–water partition coefficient (Wildman–Crippen LogP) is 17.4. The van der Waals surface area contributed by atoms with Crippen LogP contribution in [0.5, 0.6) is 0 Å². The molecule has 0 saturated carbocycles. The average Bonchev–Trinajstić information content (AvgIpc) is 3.88. The summed E-state index contributed by atoms with van der Waals surface area (Å²) in [4.78, 5) is 0. The van der Waals surface area contributed by atoms with Crippen LogP contribution >= 0.6 is 0 Å².